The molecule has 93 valence electrons. The summed E-state index contributed by atoms with van der Waals surface area (Å²) in [6.45, 7) is 7.81. The topological polar surface area (TPSA) is 49.4 Å². The fraction of sp³-hybridized carbons (Fsp3) is 0.917. The van der Waals surface area contributed by atoms with Crippen molar-refractivity contribution in [2.45, 2.75) is 64.5 Å². The van der Waals surface area contributed by atoms with E-state index in [1.807, 2.05) is 27.7 Å². The molecule has 4 heteroatoms. The maximum absolute atomic E-state index is 12.4. The maximum Gasteiger partial charge on any atom is 0.329 e. The van der Waals surface area contributed by atoms with Crippen LogP contribution in [-0.2, 0) is 14.7 Å². The van der Waals surface area contributed by atoms with Gasteiger partial charge in [0.25, 0.3) is 0 Å². The number of carbonyl (C=O) groups excluding carboxylic acids is 1. The van der Waals surface area contributed by atoms with Gasteiger partial charge in [-0.2, -0.15) is 0 Å². The summed E-state index contributed by atoms with van der Waals surface area (Å²) in [6.07, 6.45) is 2.77. The van der Waals surface area contributed by atoms with E-state index >= 15 is 0 Å². The van der Waals surface area contributed by atoms with E-state index in [2.05, 4.69) is 0 Å². The molecule has 0 unspecified atom stereocenters. The van der Waals surface area contributed by atoms with Crippen LogP contribution in [0.1, 0.15) is 53.4 Å². The molecular weight excluding hydrogens is 206 g/mol. The molecule has 1 aliphatic rings. The second-order valence-electron chi connectivity index (χ2n) is 5.21. The van der Waals surface area contributed by atoms with Crippen molar-refractivity contribution in [2.24, 2.45) is 0 Å². The third-order valence-corrected chi connectivity index (χ3v) is 3.20. The van der Waals surface area contributed by atoms with Crippen LogP contribution in [0.4, 0.5) is 0 Å². The smallest absolute Gasteiger partial charge is 0.329 e. The Bertz CT molecular complexity index is 257. The molecule has 0 N–H and O–H groups in total. The van der Waals surface area contributed by atoms with Crippen molar-refractivity contribution in [2.75, 3.05) is 6.61 Å². The number of cyclic esters (lactones) is 1. The lowest BCUT2D eigenvalue weighted by Crippen LogP contribution is -2.66. The number of morpholine rings is 1. The first-order chi connectivity index (χ1) is 7.40. The molecule has 0 amide bonds. The van der Waals surface area contributed by atoms with Gasteiger partial charge in [0.2, 0.25) is 0 Å². The van der Waals surface area contributed by atoms with Crippen LogP contribution in [0, 0.1) is 0 Å². The zero-order valence-electron chi connectivity index (χ0n) is 10.7. The van der Waals surface area contributed by atoms with Crippen LogP contribution in [0.25, 0.3) is 0 Å². The molecule has 0 atom stereocenters. The second kappa shape index (κ2) is 4.72. The summed E-state index contributed by atoms with van der Waals surface area (Å²) in [5.74, 6) is -0.342. The summed E-state index contributed by atoms with van der Waals surface area (Å²) < 4.78 is 5.20. The van der Waals surface area contributed by atoms with Gasteiger partial charge in [-0.25, -0.2) is 4.79 Å². The van der Waals surface area contributed by atoms with E-state index in [1.54, 1.807) is 0 Å². The van der Waals surface area contributed by atoms with E-state index in [4.69, 9.17) is 4.74 Å². The molecule has 4 nitrogen and oxygen atoms in total. The van der Waals surface area contributed by atoms with Gasteiger partial charge in [-0.1, -0.05) is 26.7 Å². The largest absolute Gasteiger partial charge is 0.462 e. The van der Waals surface area contributed by atoms with Gasteiger partial charge < -0.3 is 4.74 Å². The van der Waals surface area contributed by atoms with Crippen molar-refractivity contribution < 1.29 is 14.7 Å². The summed E-state index contributed by atoms with van der Waals surface area (Å²) in [4.78, 5) is 11.9. The Kier molecular flexibility index (Phi) is 3.97. The van der Waals surface area contributed by atoms with Gasteiger partial charge in [0.05, 0.1) is 5.54 Å². The van der Waals surface area contributed by atoms with Crippen LogP contribution < -0.4 is 0 Å². The van der Waals surface area contributed by atoms with E-state index in [1.165, 1.54) is 0 Å². The van der Waals surface area contributed by atoms with Crippen LogP contribution in [0.3, 0.4) is 0 Å². The van der Waals surface area contributed by atoms with E-state index in [0.717, 1.165) is 17.9 Å². The number of nitrogens with zero attached hydrogens (tertiary/aromatic N) is 1. The van der Waals surface area contributed by atoms with Gasteiger partial charge >= 0.3 is 5.97 Å². The van der Waals surface area contributed by atoms with Crippen LogP contribution in [0.15, 0.2) is 0 Å². The fourth-order valence-electron chi connectivity index (χ4n) is 2.46. The van der Waals surface area contributed by atoms with Crippen molar-refractivity contribution in [1.82, 2.24) is 5.06 Å². The van der Waals surface area contributed by atoms with E-state index in [0.29, 0.717) is 12.8 Å². The van der Waals surface area contributed by atoms with Gasteiger partial charge in [-0.05, 0) is 26.7 Å². The number of esters is 1. The Morgan fingerprint density at radius 1 is 1.25 bits per heavy atom. The van der Waals surface area contributed by atoms with Crippen LogP contribution >= 0.6 is 0 Å². The molecule has 0 aromatic rings. The molecule has 0 aromatic carbocycles. The highest BCUT2D eigenvalue weighted by Gasteiger charge is 2.54. The summed E-state index contributed by atoms with van der Waals surface area (Å²) in [5.41, 5.74) is -1.57. The molecular formula is C12H22NO3. The molecule has 1 heterocycles. The van der Waals surface area contributed by atoms with Gasteiger partial charge in [-0.15, -0.1) is 10.3 Å². The third kappa shape index (κ3) is 2.09. The monoisotopic (exact) mass is 228 g/mol. The van der Waals surface area contributed by atoms with E-state index in [-0.39, 0.29) is 12.6 Å². The second-order valence-corrected chi connectivity index (χ2v) is 5.21. The lowest BCUT2D eigenvalue weighted by atomic mass is 9.83. The quantitative estimate of drug-likeness (QED) is 0.694. The van der Waals surface area contributed by atoms with Gasteiger partial charge in [0.1, 0.15) is 12.1 Å². The molecule has 0 saturated carbocycles. The van der Waals surface area contributed by atoms with Crippen molar-refractivity contribution >= 4 is 5.97 Å². The molecule has 0 spiro atoms. The molecule has 16 heavy (non-hydrogen) atoms. The van der Waals surface area contributed by atoms with Gasteiger partial charge in [0.15, 0.2) is 0 Å². The molecule has 1 radical (unpaired) electrons. The van der Waals surface area contributed by atoms with Crippen molar-refractivity contribution in [3.63, 3.8) is 0 Å². The van der Waals surface area contributed by atoms with Crippen LogP contribution in [0.2, 0.25) is 0 Å². The number of hydroxylamine groups is 2. The van der Waals surface area contributed by atoms with Gasteiger partial charge in [0, 0.05) is 0 Å². The molecule has 0 bridgehead atoms. The Morgan fingerprint density at radius 2 is 1.75 bits per heavy atom. The number of hydrogen-bond donors (Lipinski definition) is 0. The lowest BCUT2D eigenvalue weighted by Gasteiger charge is -2.48. The minimum absolute atomic E-state index is 0.185. The Morgan fingerprint density at radius 3 is 2.19 bits per heavy atom. The molecule has 1 rings (SSSR count). The number of carbonyl (C=O) groups is 1. The standard InChI is InChI=1S/C12H22NO3/c1-5-7-12(8-6-2)10(14)16-9-11(3,4)13(12)15/h5-9H2,1-4H3. The molecule has 0 aliphatic carbocycles. The zero-order chi connectivity index (χ0) is 12.4. The van der Waals surface area contributed by atoms with Crippen LogP contribution in [-0.4, -0.2) is 28.7 Å². The SMILES string of the molecule is CCCC1(CCC)C(=O)OCC(C)(C)N1[O]. The summed E-state index contributed by atoms with van der Waals surface area (Å²) in [6, 6.07) is 0. The highest BCUT2D eigenvalue weighted by atomic mass is 16.6. The predicted octanol–water partition coefficient (Wildman–Crippen LogP) is 2.31. The first kappa shape index (κ1) is 13.5. The average molecular weight is 228 g/mol. The molecule has 0 aromatic heterocycles. The minimum atomic E-state index is -0.953. The van der Waals surface area contributed by atoms with E-state index in [9.17, 15) is 10.0 Å². The Hall–Kier alpha value is -0.610. The normalized spacial score (nSPS) is 24.2. The summed E-state index contributed by atoms with van der Waals surface area (Å²) in [7, 11) is 0. The molecule has 1 fully saturated rings. The first-order valence-electron chi connectivity index (χ1n) is 6.05. The minimum Gasteiger partial charge on any atom is -0.462 e. The third-order valence-electron chi connectivity index (χ3n) is 3.20. The van der Waals surface area contributed by atoms with E-state index < -0.39 is 11.1 Å². The summed E-state index contributed by atoms with van der Waals surface area (Å²) in [5, 5.41) is 13.4. The Balaban J connectivity index is 3.04. The zero-order valence-corrected chi connectivity index (χ0v) is 10.7. The lowest BCUT2D eigenvalue weighted by molar-refractivity contribution is -0.308. The predicted molar refractivity (Wildman–Crippen MR) is 60.1 cm³/mol. The van der Waals surface area contributed by atoms with Crippen molar-refractivity contribution in [3.8, 4) is 0 Å². The molecule has 1 saturated heterocycles. The number of hydrogen-bond acceptors (Lipinski definition) is 3. The average Bonchev–Trinajstić information content (AvgIpc) is 2.22. The van der Waals surface area contributed by atoms with Gasteiger partial charge in [-0.3, -0.25) is 0 Å². The summed E-state index contributed by atoms with van der Waals surface area (Å²) >= 11 is 0. The highest BCUT2D eigenvalue weighted by Crippen LogP contribution is 2.37. The van der Waals surface area contributed by atoms with Crippen LogP contribution in [0.5, 0.6) is 0 Å². The first-order valence-corrected chi connectivity index (χ1v) is 6.05. The maximum atomic E-state index is 12.4. The van der Waals surface area contributed by atoms with Crippen molar-refractivity contribution in [3.05, 3.63) is 0 Å². The molecule has 1 aliphatic heterocycles. The highest BCUT2D eigenvalue weighted by molar-refractivity contribution is 5.81. The van der Waals surface area contributed by atoms with Crippen molar-refractivity contribution in [1.29, 1.82) is 0 Å². The number of ether oxygens (including phenoxy) is 1. The number of rotatable bonds is 4. The fourth-order valence-corrected chi connectivity index (χ4v) is 2.46. The Labute approximate surface area is 97.5 Å².